The molecule has 0 fully saturated rings. The summed E-state index contributed by atoms with van der Waals surface area (Å²) >= 11 is 0. The van der Waals surface area contributed by atoms with Crippen molar-refractivity contribution < 1.29 is 14.5 Å². The second-order valence-corrected chi connectivity index (χ2v) is 3.01. The van der Waals surface area contributed by atoms with E-state index in [0.29, 0.717) is 5.56 Å². The van der Waals surface area contributed by atoms with Crippen molar-refractivity contribution in [3.05, 3.63) is 39.4 Å². The zero-order valence-electron chi connectivity index (χ0n) is 8.60. The molecule has 0 aromatic heterocycles. The van der Waals surface area contributed by atoms with Crippen LogP contribution >= 0.6 is 0 Å². The molecule has 0 N–H and O–H groups in total. The Bertz CT molecular complexity index is 473. The van der Waals surface area contributed by atoms with Gasteiger partial charge in [0, 0.05) is 6.07 Å². The van der Waals surface area contributed by atoms with Crippen molar-refractivity contribution in [3.63, 3.8) is 0 Å². The summed E-state index contributed by atoms with van der Waals surface area (Å²) in [4.78, 5) is 21.0. The lowest BCUT2D eigenvalue weighted by molar-refractivity contribution is -0.385. The number of nitro groups is 1. The first-order valence-corrected chi connectivity index (χ1v) is 4.39. The highest BCUT2D eigenvalue weighted by atomic mass is 16.6. The van der Waals surface area contributed by atoms with Crippen molar-refractivity contribution in [1.82, 2.24) is 0 Å². The van der Waals surface area contributed by atoms with E-state index in [1.54, 1.807) is 0 Å². The maximum atomic E-state index is 11.0. The van der Waals surface area contributed by atoms with Crippen LogP contribution in [-0.4, -0.2) is 18.0 Å². The maximum absolute atomic E-state index is 11.0. The van der Waals surface area contributed by atoms with Crippen molar-refractivity contribution in [2.24, 2.45) is 0 Å². The van der Waals surface area contributed by atoms with E-state index in [2.05, 4.69) is 10.7 Å². The monoisotopic (exact) mass is 219 g/mol. The molecule has 0 atom stereocenters. The first kappa shape index (κ1) is 11.7. The number of methoxy groups -OCH3 is 1. The van der Waals surface area contributed by atoms with Crippen LogP contribution in [-0.2, 0) is 16.0 Å². The summed E-state index contributed by atoms with van der Waals surface area (Å²) in [6.45, 7) is 0. The fraction of sp³-hybridized carbons (Fsp3) is 0.182. The van der Waals surface area contributed by atoms with Crippen LogP contribution in [0.4, 0.5) is 5.69 Å². The normalized spacial score (nSPS) is 9.25. The van der Waals surface area contributed by atoms with E-state index in [0.717, 1.165) is 0 Å². The standard InChI is InChI=1S/C11H9NO4/c1-3-9-6-8(7-11(13)16-2)4-5-10(9)12(14)15/h1,4-6H,7H2,2H3. The molecule has 0 radical (unpaired) electrons. The summed E-state index contributed by atoms with van der Waals surface area (Å²) in [5.74, 6) is 1.80. The van der Waals surface area contributed by atoms with Gasteiger partial charge in [-0.25, -0.2) is 0 Å². The minimum absolute atomic E-state index is 0.0448. The first-order valence-electron chi connectivity index (χ1n) is 4.39. The highest BCUT2D eigenvalue weighted by molar-refractivity contribution is 5.73. The molecule has 1 aromatic carbocycles. The van der Waals surface area contributed by atoms with Gasteiger partial charge < -0.3 is 4.74 Å². The molecule has 5 heteroatoms. The number of benzene rings is 1. The van der Waals surface area contributed by atoms with E-state index in [1.165, 1.54) is 25.3 Å². The summed E-state index contributed by atoms with van der Waals surface area (Å²) in [7, 11) is 1.27. The number of rotatable bonds is 3. The van der Waals surface area contributed by atoms with E-state index in [-0.39, 0.29) is 17.7 Å². The lowest BCUT2D eigenvalue weighted by Gasteiger charge is -2.01. The minimum atomic E-state index is -0.558. The van der Waals surface area contributed by atoms with Gasteiger partial charge in [-0.2, -0.15) is 0 Å². The number of carbonyl (C=O) groups excluding carboxylic acids is 1. The summed E-state index contributed by atoms with van der Waals surface area (Å²) in [6, 6.07) is 4.21. The highest BCUT2D eigenvalue weighted by Gasteiger charge is 2.13. The minimum Gasteiger partial charge on any atom is -0.469 e. The van der Waals surface area contributed by atoms with E-state index >= 15 is 0 Å². The van der Waals surface area contributed by atoms with Crippen LogP contribution in [0.5, 0.6) is 0 Å². The fourth-order valence-electron chi connectivity index (χ4n) is 1.21. The third kappa shape index (κ3) is 2.58. The molecule has 0 aliphatic rings. The summed E-state index contributed by atoms with van der Waals surface area (Å²) in [6.07, 6.45) is 5.19. The van der Waals surface area contributed by atoms with Crippen molar-refractivity contribution in [1.29, 1.82) is 0 Å². The van der Waals surface area contributed by atoms with Gasteiger partial charge in [-0.15, -0.1) is 6.42 Å². The summed E-state index contributed by atoms with van der Waals surface area (Å²) in [5.41, 5.74) is 0.605. The number of nitro benzene ring substituents is 1. The van der Waals surface area contributed by atoms with Crippen molar-refractivity contribution in [2.75, 3.05) is 7.11 Å². The van der Waals surface area contributed by atoms with Gasteiger partial charge in [-0.3, -0.25) is 14.9 Å². The molecule has 0 aliphatic carbocycles. The van der Waals surface area contributed by atoms with Gasteiger partial charge in [0.2, 0.25) is 0 Å². The van der Waals surface area contributed by atoms with E-state index in [1.807, 2.05) is 0 Å². The summed E-state index contributed by atoms with van der Waals surface area (Å²) in [5, 5.41) is 10.6. The molecule has 0 unspecified atom stereocenters. The van der Waals surface area contributed by atoms with E-state index < -0.39 is 10.9 Å². The van der Waals surface area contributed by atoms with Crippen LogP contribution in [0.1, 0.15) is 11.1 Å². The Kier molecular flexibility index (Phi) is 3.62. The Morgan fingerprint density at radius 2 is 2.31 bits per heavy atom. The number of hydrogen-bond donors (Lipinski definition) is 0. The van der Waals surface area contributed by atoms with E-state index in [9.17, 15) is 14.9 Å². The van der Waals surface area contributed by atoms with Gasteiger partial charge in [0.05, 0.1) is 18.5 Å². The average molecular weight is 219 g/mol. The second kappa shape index (κ2) is 4.94. The van der Waals surface area contributed by atoms with Crippen LogP contribution in [0.3, 0.4) is 0 Å². The molecule has 0 heterocycles. The first-order chi connectivity index (χ1) is 7.58. The number of esters is 1. The van der Waals surface area contributed by atoms with Crippen LogP contribution in [0.15, 0.2) is 18.2 Å². The zero-order valence-corrected chi connectivity index (χ0v) is 8.60. The molecule has 0 bridgehead atoms. The van der Waals surface area contributed by atoms with Gasteiger partial charge in [-0.1, -0.05) is 12.0 Å². The molecule has 0 amide bonds. The molecular weight excluding hydrogens is 210 g/mol. The average Bonchev–Trinajstić information content (AvgIpc) is 2.28. The third-order valence-electron chi connectivity index (χ3n) is 1.99. The molecule has 0 aliphatic heterocycles. The van der Waals surface area contributed by atoms with Crippen molar-refractivity contribution >= 4 is 11.7 Å². The molecule has 82 valence electrons. The maximum Gasteiger partial charge on any atom is 0.309 e. The van der Waals surface area contributed by atoms with Crippen LogP contribution in [0.25, 0.3) is 0 Å². The quantitative estimate of drug-likeness (QED) is 0.332. The van der Waals surface area contributed by atoms with Gasteiger partial charge >= 0.3 is 5.97 Å². The van der Waals surface area contributed by atoms with Crippen LogP contribution < -0.4 is 0 Å². The lowest BCUT2D eigenvalue weighted by Crippen LogP contribution is -2.05. The second-order valence-electron chi connectivity index (χ2n) is 3.01. The van der Waals surface area contributed by atoms with E-state index in [4.69, 9.17) is 6.42 Å². The van der Waals surface area contributed by atoms with Gasteiger partial charge in [0.1, 0.15) is 5.56 Å². The molecular formula is C11H9NO4. The molecule has 1 aromatic rings. The Morgan fingerprint density at radius 1 is 1.62 bits per heavy atom. The molecule has 0 spiro atoms. The van der Waals surface area contributed by atoms with Crippen LogP contribution in [0, 0.1) is 22.5 Å². The molecule has 0 saturated heterocycles. The van der Waals surface area contributed by atoms with Crippen molar-refractivity contribution in [3.8, 4) is 12.3 Å². The Balaban J connectivity index is 3.06. The smallest absolute Gasteiger partial charge is 0.309 e. The Hall–Kier alpha value is -2.35. The van der Waals surface area contributed by atoms with Crippen molar-refractivity contribution in [2.45, 2.75) is 6.42 Å². The predicted octanol–water partition coefficient (Wildman–Crippen LogP) is 1.29. The number of carbonyl (C=O) groups is 1. The van der Waals surface area contributed by atoms with Gasteiger partial charge in [0.25, 0.3) is 5.69 Å². The number of ether oxygens (including phenoxy) is 1. The molecule has 5 nitrogen and oxygen atoms in total. The highest BCUT2D eigenvalue weighted by Crippen LogP contribution is 2.19. The number of terminal acetylenes is 1. The molecule has 1 rings (SSSR count). The number of nitrogens with zero attached hydrogens (tertiary/aromatic N) is 1. The predicted molar refractivity (Wildman–Crippen MR) is 56.8 cm³/mol. The Morgan fingerprint density at radius 3 is 2.81 bits per heavy atom. The topological polar surface area (TPSA) is 69.4 Å². The third-order valence-corrected chi connectivity index (χ3v) is 1.99. The van der Waals surface area contributed by atoms with Gasteiger partial charge in [0.15, 0.2) is 0 Å². The zero-order chi connectivity index (χ0) is 12.1. The summed E-state index contributed by atoms with van der Waals surface area (Å²) < 4.78 is 4.48. The van der Waals surface area contributed by atoms with Gasteiger partial charge in [-0.05, 0) is 11.6 Å². The molecule has 16 heavy (non-hydrogen) atoms. The Labute approximate surface area is 92.2 Å². The lowest BCUT2D eigenvalue weighted by atomic mass is 10.1. The number of hydrogen-bond acceptors (Lipinski definition) is 4. The SMILES string of the molecule is C#Cc1cc(CC(=O)OC)ccc1[N+](=O)[O-]. The largest absolute Gasteiger partial charge is 0.469 e. The fourth-order valence-corrected chi connectivity index (χ4v) is 1.21. The van der Waals surface area contributed by atoms with Crippen LogP contribution in [0.2, 0.25) is 0 Å². The molecule has 0 saturated carbocycles.